The minimum Gasteiger partial charge on any atom is -0.481 e. The number of rotatable bonds is 3. The van der Waals surface area contributed by atoms with Crippen LogP contribution < -0.4 is 5.73 Å². The van der Waals surface area contributed by atoms with Crippen molar-refractivity contribution < 1.29 is 14.7 Å². The average Bonchev–Trinajstić information content (AvgIpc) is 2.76. The number of benzene rings is 1. The lowest BCUT2D eigenvalue weighted by Gasteiger charge is -2.17. The van der Waals surface area contributed by atoms with Crippen LogP contribution in [0.2, 0.25) is 0 Å². The van der Waals surface area contributed by atoms with Gasteiger partial charge in [0.2, 0.25) is 0 Å². The molecular weight excluding hydrogens is 232 g/mol. The molecule has 1 aliphatic rings. The molecular formula is C13H16N2O3. The lowest BCUT2D eigenvalue weighted by molar-refractivity contribution is -0.138. The Morgan fingerprint density at radius 3 is 2.78 bits per heavy atom. The van der Waals surface area contributed by atoms with Gasteiger partial charge in [-0.2, -0.15) is 0 Å². The number of aliphatic carboxylic acids is 1. The van der Waals surface area contributed by atoms with Gasteiger partial charge in [-0.05, 0) is 24.5 Å². The van der Waals surface area contributed by atoms with Crippen molar-refractivity contribution in [2.75, 3.05) is 18.8 Å². The summed E-state index contributed by atoms with van der Waals surface area (Å²) in [6, 6.07) is 6.94. The molecule has 1 aromatic rings. The van der Waals surface area contributed by atoms with Crippen LogP contribution in [-0.4, -0.2) is 35.0 Å². The van der Waals surface area contributed by atoms with Crippen molar-refractivity contribution in [3.05, 3.63) is 29.8 Å². The predicted octanol–water partition coefficient (Wildman–Crippen LogP) is 1.21. The van der Waals surface area contributed by atoms with E-state index in [1.165, 1.54) is 0 Å². The van der Waals surface area contributed by atoms with Crippen molar-refractivity contribution in [3.63, 3.8) is 0 Å². The summed E-state index contributed by atoms with van der Waals surface area (Å²) < 4.78 is 0. The number of carbonyl (C=O) groups excluding carboxylic acids is 1. The first kappa shape index (κ1) is 12.4. The summed E-state index contributed by atoms with van der Waals surface area (Å²) in [5, 5.41) is 8.74. The minimum absolute atomic E-state index is 0.0522. The Kier molecular flexibility index (Phi) is 3.50. The number of nitrogen functional groups attached to an aromatic ring is 1. The average molecular weight is 248 g/mol. The van der Waals surface area contributed by atoms with Crippen LogP contribution >= 0.6 is 0 Å². The molecule has 0 spiro atoms. The van der Waals surface area contributed by atoms with Crippen LogP contribution in [0.3, 0.4) is 0 Å². The van der Waals surface area contributed by atoms with Crippen LogP contribution in [0.5, 0.6) is 0 Å². The number of nitrogens with two attached hydrogens (primary N) is 1. The molecule has 0 bridgehead atoms. The molecule has 1 saturated heterocycles. The smallest absolute Gasteiger partial charge is 0.303 e. The third-order valence-electron chi connectivity index (χ3n) is 3.23. The molecule has 18 heavy (non-hydrogen) atoms. The molecule has 1 atom stereocenters. The van der Waals surface area contributed by atoms with Gasteiger partial charge in [0.1, 0.15) is 0 Å². The second kappa shape index (κ2) is 5.08. The Balaban J connectivity index is 2.04. The third-order valence-corrected chi connectivity index (χ3v) is 3.23. The van der Waals surface area contributed by atoms with Crippen LogP contribution in [0, 0.1) is 5.92 Å². The number of nitrogens with zero attached hydrogens (tertiary/aromatic N) is 1. The molecule has 2 rings (SSSR count). The summed E-state index contributed by atoms with van der Waals surface area (Å²) in [4.78, 5) is 24.5. The summed E-state index contributed by atoms with van der Waals surface area (Å²) in [6.07, 6.45) is 0.860. The van der Waals surface area contributed by atoms with E-state index < -0.39 is 5.97 Å². The molecule has 1 amide bonds. The number of hydrogen-bond acceptors (Lipinski definition) is 3. The lowest BCUT2D eigenvalue weighted by Crippen LogP contribution is -2.29. The molecule has 1 unspecified atom stereocenters. The first-order chi connectivity index (χ1) is 8.58. The van der Waals surface area contributed by atoms with E-state index in [-0.39, 0.29) is 18.2 Å². The lowest BCUT2D eigenvalue weighted by atomic mass is 10.1. The van der Waals surface area contributed by atoms with Crippen LogP contribution in [0.25, 0.3) is 0 Å². The van der Waals surface area contributed by atoms with E-state index in [4.69, 9.17) is 10.8 Å². The largest absolute Gasteiger partial charge is 0.481 e. The summed E-state index contributed by atoms with van der Waals surface area (Å²) in [5.41, 5.74) is 6.72. The molecule has 0 aliphatic carbocycles. The Bertz CT molecular complexity index is 473. The zero-order chi connectivity index (χ0) is 13.1. The fourth-order valence-corrected chi connectivity index (χ4v) is 2.29. The minimum atomic E-state index is -0.812. The van der Waals surface area contributed by atoms with E-state index in [2.05, 4.69) is 0 Å². The number of likely N-dealkylation sites (tertiary alicyclic amines) is 1. The Labute approximate surface area is 105 Å². The van der Waals surface area contributed by atoms with Gasteiger partial charge < -0.3 is 15.7 Å². The van der Waals surface area contributed by atoms with Crippen molar-refractivity contribution in [1.82, 2.24) is 4.90 Å². The second-order valence-corrected chi connectivity index (χ2v) is 4.59. The van der Waals surface area contributed by atoms with Gasteiger partial charge in [0.05, 0.1) is 5.56 Å². The molecule has 3 N–H and O–H groups in total. The Hall–Kier alpha value is -2.04. The zero-order valence-electron chi connectivity index (χ0n) is 10.0. The van der Waals surface area contributed by atoms with Crippen molar-refractivity contribution in [2.24, 2.45) is 5.92 Å². The molecule has 0 aromatic heterocycles. The number of para-hydroxylation sites is 1. The van der Waals surface area contributed by atoms with Gasteiger partial charge in [-0.25, -0.2) is 0 Å². The SMILES string of the molecule is Nc1ccccc1C(=O)N1CCC(CC(=O)O)C1. The quantitative estimate of drug-likeness (QED) is 0.787. The highest BCUT2D eigenvalue weighted by Crippen LogP contribution is 2.23. The Morgan fingerprint density at radius 1 is 1.39 bits per heavy atom. The topological polar surface area (TPSA) is 83.6 Å². The van der Waals surface area contributed by atoms with Gasteiger partial charge in [0, 0.05) is 25.2 Å². The number of carboxylic acid groups (broad SMARTS) is 1. The molecule has 1 aromatic carbocycles. The molecule has 1 aliphatic heterocycles. The molecule has 1 heterocycles. The first-order valence-corrected chi connectivity index (χ1v) is 5.93. The number of carbonyl (C=O) groups is 2. The van der Waals surface area contributed by atoms with Gasteiger partial charge in [-0.1, -0.05) is 12.1 Å². The van der Waals surface area contributed by atoms with E-state index >= 15 is 0 Å². The number of hydrogen-bond donors (Lipinski definition) is 2. The van der Waals surface area contributed by atoms with Crippen LogP contribution in [0.4, 0.5) is 5.69 Å². The Morgan fingerprint density at radius 2 is 2.11 bits per heavy atom. The first-order valence-electron chi connectivity index (χ1n) is 5.93. The van der Waals surface area contributed by atoms with Crippen LogP contribution in [0.1, 0.15) is 23.2 Å². The van der Waals surface area contributed by atoms with Crippen molar-refractivity contribution in [2.45, 2.75) is 12.8 Å². The summed E-state index contributed by atoms with van der Waals surface area (Å²) in [7, 11) is 0. The van der Waals surface area contributed by atoms with Gasteiger partial charge in [-0.3, -0.25) is 9.59 Å². The van der Waals surface area contributed by atoms with Crippen molar-refractivity contribution >= 4 is 17.6 Å². The summed E-state index contributed by atoms with van der Waals surface area (Å²) in [5.74, 6) is -0.870. The standard InChI is InChI=1S/C13H16N2O3/c14-11-4-2-1-3-10(11)13(18)15-6-5-9(8-15)7-12(16)17/h1-4,9H,5-8,14H2,(H,16,17). The van der Waals surface area contributed by atoms with Gasteiger partial charge in [0.25, 0.3) is 5.91 Å². The third kappa shape index (κ3) is 2.61. The van der Waals surface area contributed by atoms with Crippen molar-refractivity contribution in [3.8, 4) is 0 Å². The number of amides is 1. The second-order valence-electron chi connectivity index (χ2n) is 4.59. The van der Waals surface area contributed by atoms with Gasteiger partial charge in [0.15, 0.2) is 0 Å². The van der Waals surface area contributed by atoms with E-state index in [0.29, 0.717) is 24.3 Å². The maximum Gasteiger partial charge on any atom is 0.303 e. The van der Waals surface area contributed by atoms with Crippen molar-refractivity contribution in [1.29, 1.82) is 0 Å². The van der Waals surface area contributed by atoms with E-state index in [1.807, 2.05) is 0 Å². The molecule has 0 saturated carbocycles. The predicted molar refractivity (Wildman–Crippen MR) is 67.1 cm³/mol. The van der Waals surface area contributed by atoms with Gasteiger partial charge in [-0.15, -0.1) is 0 Å². The molecule has 96 valence electrons. The van der Waals surface area contributed by atoms with E-state index in [1.54, 1.807) is 29.2 Å². The fraction of sp³-hybridized carbons (Fsp3) is 0.385. The molecule has 5 heteroatoms. The maximum absolute atomic E-state index is 12.2. The maximum atomic E-state index is 12.2. The zero-order valence-corrected chi connectivity index (χ0v) is 10.0. The fourth-order valence-electron chi connectivity index (χ4n) is 2.29. The molecule has 5 nitrogen and oxygen atoms in total. The van der Waals surface area contributed by atoms with Crippen LogP contribution in [0.15, 0.2) is 24.3 Å². The number of carboxylic acids is 1. The number of anilines is 1. The van der Waals surface area contributed by atoms with Crippen LogP contribution in [-0.2, 0) is 4.79 Å². The highest BCUT2D eigenvalue weighted by atomic mass is 16.4. The highest BCUT2D eigenvalue weighted by molar-refractivity contribution is 5.99. The monoisotopic (exact) mass is 248 g/mol. The van der Waals surface area contributed by atoms with E-state index in [0.717, 1.165) is 6.42 Å². The molecule has 0 radical (unpaired) electrons. The summed E-state index contributed by atoms with van der Waals surface area (Å²) in [6.45, 7) is 1.10. The normalized spacial score (nSPS) is 18.9. The van der Waals surface area contributed by atoms with E-state index in [9.17, 15) is 9.59 Å². The van der Waals surface area contributed by atoms with Gasteiger partial charge >= 0.3 is 5.97 Å². The highest BCUT2D eigenvalue weighted by Gasteiger charge is 2.28. The molecule has 1 fully saturated rings. The summed E-state index contributed by atoms with van der Waals surface area (Å²) >= 11 is 0.